The summed E-state index contributed by atoms with van der Waals surface area (Å²) in [4.78, 5) is 12.3. The van der Waals surface area contributed by atoms with Gasteiger partial charge in [-0.05, 0) is 41.2 Å². The molecule has 2 aromatic rings. The molecule has 2 aromatic carbocycles. The first-order chi connectivity index (χ1) is 13.0. The zero-order valence-corrected chi connectivity index (χ0v) is 16.8. The average molecular weight is 371 g/mol. The predicted molar refractivity (Wildman–Crippen MR) is 107 cm³/mol. The van der Waals surface area contributed by atoms with Crippen LogP contribution in [-0.2, 0) is 24.2 Å². The highest BCUT2D eigenvalue weighted by Gasteiger charge is 2.13. The van der Waals surface area contributed by atoms with E-state index in [4.69, 9.17) is 14.2 Å². The Morgan fingerprint density at radius 2 is 1.44 bits per heavy atom. The number of hydrogen-bond acceptors (Lipinski definition) is 4. The van der Waals surface area contributed by atoms with Crippen molar-refractivity contribution in [3.05, 3.63) is 53.1 Å². The van der Waals surface area contributed by atoms with E-state index in [1.807, 2.05) is 24.3 Å². The van der Waals surface area contributed by atoms with Gasteiger partial charge in [0.25, 0.3) is 0 Å². The number of nitrogens with one attached hydrogen (secondary N) is 1. The van der Waals surface area contributed by atoms with Gasteiger partial charge >= 0.3 is 0 Å². The van der Waals surface area contributed by atoms with Crippen LogP contribution in [0.5, 0.6) is 17.2 Å². The Hall–Kier alpha value is -2.69. The van der Waals surface area contributed by atoms with Gasteiger partial charge in [0.1, 0.15) is 0 Å². The fourth-order valence-electron chi connectivity index (χ4n) is 2.95. The molecular weight excluding hydrogens is 342 g/mol. The molecule has 2 rings (SSSR count). The Morgan fingerprint density at radius 1 is 0.889 bits per heavy atom. The summed E-state index contributed by atoms with van der Waals surface area (Å²) in [6.45, 7) is 4.79. The number of hydrogen-bond donors (Lipinski definition) is 1. The Balaban J connectivity index is 1.97. The first-order valence-electron chi connectivity index (χ1n) is 9.10. The van der Waals surface area contributed by atoms with Gasteiger partial charge in [-0.1, -0.05) is 38.1 Å². The van der Waals surface area contributed by atoms with Crippen molar-refractivity contribution in [1.29, 1.82) is 0 Å². The molecule has 1 N–H and O–H groups in total. The topological polar surface area (TPSA) is 56.8 Å². The van der Waals surface area contributed by atoms with E-state index >= 15 is 0 Å². The van der Waals surface area contributed by atoms with Gasteiger partial charge in [-0.3, -0.25) is 4.79 Å². The van der Waals surface area contributed by atoms with Crippen LogP contribution in [0, 0.1) is 5.92 Å². The molecule has 1 amide bonds. The minimum absolute atomic E-state index is 0.0274. The molecule has 0 atom stereocenters. The van der Waals surface area contributed by atoms with Gasteiger partial charge in [-0.25, -0.2) is 0 Å². The molecule has 0 saturated carbocycles. The van der Waals surface area contributed by atoms with Crippen LogP contribution >= 0.6 is 0 Å². The summed E-state index contributed by atoms with van der Waals surface area (Å²) in [7, 11) is 4.71. The third kappa shape index (κ3) is 5.91. The lowest BCUT2D eigenvalue weighted by Gasteiger charge is -2.14. The van der Waals surface area contributed by atoms with Crippen LogP contribution in [0.25, 0.3) is 0 Å². The molecule has 5 heteroatoms. The van der Waals surface area contributed by atoms with Crippen molar-refractivity contribution in [3.8, 4) is 17.2 Å². The smallest absolute Gasteiger partial charge is 0.224 e. The maximum atomic E-state index is 12.3. The second-order valence-corrected chi connectivity index (χ2v) is 6.90. The number of carbonyl (C=O) groups is 1. The summed E-state index contributed by atoms with van der Waals surface area (Å²) >= 11 is 0. The van der Waals surface area contributed by atoms with Crippen molar-refractivity contribution in [3.63, 3.8) is 0 Å². The molecule has 146 valence electrons. The van der Waals surface area contributed by atoms with Crippen LogP contribution in [0.1, 0.15) is 30.5 Å². The molecule has 0 radical (unpaired) electrons. The summed E-state index contributed by atoms with van der Waals surface area (Å²) in [6, 6.07) is 11.9. The van der Waals surface area contributed by atoms with E-state index in [0.717, 1.165) is 17.5 Å². The number of carbonyl (C=O) groups excluding carboxylic acids is 1. The molecule has 0 heterocycles. The van der Waals surface area contributed by atoms with Gasteiger partial charge in [0.05, 0.1) is 27.8 Å². The minimum atomic E-state index is -0.0274. The molecule has 27 heavy (non-hydrogen) atoms. The van der Waals surface area contributed by atoms with Gasteiger partial charge in [0, 0.05) is 6.54 Å². The number of amides is 1. The predicted octanol–water partition coefficient (Wildman–Crippen LogP) is 3.77. The summed E-state index contributed by atoms with van der Waals surface area (Å²) in [5, 5.41) is 2.94. The lowest BCUT2D eigenvalue weighted by Crippen LogP contribution is -2.24. The van der Waals surface area contributed by atoms with Crippen LogP contribution in [-0.4, -0.2) is 27.2 Å². The van der Waals surface area contributed by atoms with Crippen molar-refractivity contribution < 1.29 is 19.0 Å². The zero-order chi connectivity index (χ0) is 19.8. The van der Waals surface area contributed by atoms with E-state index in [2.05, 4.69) is 31.3 Å². The standard InChI is InChI=1S/C22H29NO4/c1-15(2)10-16-6-8-17(9-7-16)13-21(24)23-14-18-11-19(25-3)22(27-5)20(12-18)26-4/h6-9,11-12,15H,10,13-14H2,1-5H3,(H,23,24). The second-order valence-electron chi connectivity index (χ2n) is 6.90. The minimum Gasteiger partial charge on any atom is -0.493 e. The highest BCUT2D eigenvalue weighted by molar-refractivity contribution is 5.78. The number of benzene rings is 2. The van der Waals surface area contributed by atoms with Crippen molar-refractivity contribution in [1.82, 2.24) is 5.32 Å². The summed E-state index contributed by atoms with van der Waals surface area (Å²) in [6.07, 6.45) is 1.40. The summed E-state index contributed by atoms with van der Waals surface area (Å²) < 4.78 is 16.0. The Kier molecular flexibility index (Phi) is 7.53. The molecule has 0 spiro atoms. The summed E-state index contributed by atoms with van der Waals surface area (Å²) in [5.41, 5.74) is 3.18. The third-order valence-corrected chi connectivity index (χ3v) is 4.25. The quantitative estimate of drug-likeness (QED) is 0.729. The van der Waals surface area contributed by atoms with Crippen LogP contribution < -0.4 is 19.5 Å². The molecule has 5 nitrogen and oxygen atoms in total. The molecule has 0 aliphatic rings. The first-order valence-corrected chi connectivity index (χ1v) is 9.10. The van der Waals surface area contributed by atoms with Gasteiger partial charge in [-0.15, -0.1) is 0 Å². The molecule has 0 unspecified atom stereocenters. The lowest BCUT2D eigenvalue weighted by molar-refractivity contribution is -0.120. The van der Waals surface area contributed by atoms with Crippen molar-refractivity contribution in [2.45, 2.75) is 33.2 Å². The Labute approximate surface area is 161 Å². The highest BCUT2D eigenvalue weighted by Crippen LogP contribution is 2.38. The van der Waals surface area contributed by atoms with Gasteiger partial charge in [-0.2, -0.15) is 0 Å². The fourth-order valence-corrected chi connectivity index (χ4v) is 2.95. The third-order valence-electron chi connectivity index (χ3n) is 4.25. The van der Waals surface area contributed by atoms with Gasteiger partial charge in [0.15, 0.2) is 11.5 Å². The molecule has 0 bridgehead atoms. The van der Waals surface area contributed by atoms with E-state index in [-0.39, 0.29) is 5.91 Å². The van der Waals surface area contributed by atoms with Crippen LogP contribution in [0.4, 0.5) is 0 Å². The largest absolute Gasteiger partial charge is 0.493 e. The monoisotopic (exact) mass is 371 g/mol. The van der Waals surface area contributed by atoms with E-state index in [9.17, 15) is 4.79 Å². The van der Waals surface area contributed by atoms with Crippen LogP contribution in [0.3, 0.4) is 0 Å². The normalized spacial score (nSPS) is 10.6. The molecule has 0 saturated heterocycles. The average Bonchev–Trinajstić information content (AvgIpc) is 2.66. The molecule has 0 aliphatic carbocycles. The van der Waals surface area contributed by atoms with E-state index in [1.54, 1.807) is 21.3 Å². The zero-order valence-electron chi connectivity index (χ0n) is 16.8. The molecule has 0 fully saturated rings. The van der Waals surface area contributed by atoms with Crippen molar-refractivity contribution in [2.24, 2.45) is 5.92 Å². The summed E-state index contributed by atoms with van der Waals surface area (Å²) in [5.74, 6) is 2.28. The maximum absolute atomic E-state index is 12.3. The van der Waals surface area contributed by atoms with E-state index in [1.165, 1.54) is 5.56 Å². The Bertz CT molecular complexity index is 728. The SMILES string of the molecule is COc1cc(CNC(=O)Cc2ccc(CC(C)C)cc2)cc(OC)c1OC. The fraction of sp³-hybridized carbons (Fsp3) is 0.409. The van der Waals surface area contributed by atoms with Crippen LogP contribution in [0.15, 0.2) is 36.4 Å². The lowest BCUT2D eigenvalue weighted by atomic mass is 10.0. The van der Waals surface area contributed by atoms with Crippen molar-refractivity contribution in [2.75, 3.05) is 21.3 Å². The number of ether oxygens (including phenoxy) is 3. The first kappa shape index (κ1) is 20.6. The number of rotatable bonds is 9. The maximum Gasteiger partial charge on any atom is 0.224 e. The molecule has 0 aliphatic heterocycles. The molecular formula is C22H29NO4. The highest BCUT2D eigenvalue weighted by atomic mass is 16.5. The molecule has 0 aromatic heterocycles. The van der Waals surface area contributed by atoms with E-state index in [0.29, 0.717) is 36.1 Å². The van der Waals surface area contributed by atoms with Crippen molar-refractivity contribution >= 4 is 5.91 Å². The van der Waals surface area contributed by atoms with Gasteiger partial charge < -0.3 is 19.5 Å². The Morgan fingerprint density at radius 3 is 1.93 bits per heavy atom. The van der Waals surface area contributed by atoms with E-state index < -0.39 is 0 Å². The van der Waals surface area contributed by atoms with Gasteiger partial charge in [0.2, 0.25) is 11.7 Å². The number of methoxy groups -OCH3 is 3. The van der Waals surface area contributed by atoms with Crippen LogP contribution in [0.2, 0.25) is 0 Å². The second kappa shape index (κ2) is 9.86.